The van der Waals surface area contributed by atoms with Crippen LogP contribution in [0.1, 0.15) is 79.1 Å². The zero-order valence-corrected chi connectivity index (χ0v) is 18.6. The van der Waals surface area contributed by atoms with E-state index >= 15 is 0 Å². The second-order valence-corrected chi connectivity index (χ2v) is 7.52. The molecule has 0 saturated carbocycles. The van der Waals surface area contributed by atoms with Gasteiger partial charge in [-0.3, -0.25) is 0 Å². The fourth-order valence-electron chi connectivity index (χ4n) is 3.16. The van der Waals surface area contributed by atoms with E-state index in [9.17, 15) is 5.11 Å². The zero-order chi connectivity index (χ0) is 20.6. The number of ether oxygens (including phenoxy) is 5. The molecule has 5 atom stereocenters. The Balaban J connectivity index is 2.94. The second kappa shape index (κ2) is 16.5. The van der Waals surface area contributed by atoms with Gasteiger partial charge in [0.2, 0.25) is 0 Å². The molecule has 0 bridgehead atoms. The predicted octanol–water partition coefficient (Wildman–Crippen LogP) is 4.08. The minimum Gasteiger partial charge on any atom is -0.394 e. The van der Waals surface area contributed by atoms with Gasteiger partial charge in [0.05, 0.1) is 6.61 Å². The lowest BCUT2D eigenvalue weighted by molar-refractivity contribution is -0.322. The second-order valence-electron chi connectivity index (χ2n) is 7.52. The lowest BCUT2D eigenvalue weighted by atomic mass is 9.98. The summed E-state index contributed by atoms with van der Waals surface area (Å²) >= 11 is 0. The van der Waals surface area contributed by atoms with Gasteiger partial charge in [0.1, 0.15) is 24.4 Å². The van der Waals surface area contributed by atoms with Crippen molar-refractivity contribution in [2.24, 2.45) is 0 Å². The topological polar surface area (TPSA) is 66.4 Å². The van der Waals surface area contributed by atoms with Gasteiger partial charge < -0.3 is 28.8 Å². The molecule has 1 heterocycles. The molecule has 1 N–H and O–H groups in total. The monoisotopic (exact) mass is 404 g/mol. The first kappa shape index (κ1) is 25.8. The van der Waals surface area contributed by atoms with E-state index in [-0.39, 0.29) is 24.9 Å². The van der Waals surface area contributed by atoms with Crippen molar-refractivity contribution >= 4 is 0 Å². The van der Waals surface area contributed by atoms with Crippen LogP contribution in [0.2, 0.25) is 0 Å². The van der Waals surface area contributed by atoms with Crippen molar-refractivity contribution in [3.05, 3.63) is 0 Å². The number of unbranched alkanes of at least 4 members (excludes halogenated alkanes) is 4. The first-order chi connectivity index (χ1) is 13.7. The summed E-state index contributed by atoms with van der Waals surface area (Å²) in [6.45, 7) is 10.9. The van der Waals surface area contributed by atoms with E-state index in [0.717, 1.165) is 51.4 Å². The maximum Gasteiger partial charge on any atom is 0.186 e. The molecule has 6 heteroatoms. The molecule has 1 rings (SSSR count). The van der Waals surface area contributed by atoms with Gasteiger partial charge in [-0.1, -0.05) is 53.4 Å². The molecule has 0 aromatic heterocycles. The van der Waals surface area contributed by atoms with Crippen molar-refractivity contribution < 1.29 is 28.8 Å². The van der Waals surface area contributed by atoms with Crippen molar-refractivity contribution in [3.8, 4) is 0 Å². The number of aliphatic hydroxyl groups is 1. The van der Waals surface area contributed by atoms with Gasteiger partial charge in [-0.05, 0) is 25.7 Å². The molecule has 0 aromatic carbocycles. The molecule has 1 aliphatic rings. The largest absolute Gasteiger partial charge is 0.394 e. The zero-order valence-electron chi connectivity index (χ0n) is 18.6. The molecule has 0 radical (unpaired) electrons. The maximum absolute atomic E-state index is 9.94. The van der Waals surface area contributed by atoms with Crippen LogP contribution < -0.4 is 0 Å². The molecule has 1 aliphatic heterocycles. The molecule has 6 nitrogen and oxygen atoms in total. The summed E-state index contributed by atoms with van der Waals surface area (Å²) in [6, 6.07) is 0. The average Bonchev–Trinajstić information content (AvgIpc) is 2.70. The maximum atomic E-state index is 9.94. The standard InChI is InChI=1S/C22H44O6/c1-5-9-13-24-19-18(17-23)28-22(27-16-12-8-4)21(26-15-11-7-3)20(19)25-14-10-6-2/h18-23H,5-17H2,1-4H3/t18?,19-,20?,21?,22-/m1/s1. The van der Waals surface area contributed by atoms with E-state index in [1.165, 1.54) is 0 Å². The van der Waals surface area contributed by atoms with E-state index in [2.05, 4.69) is 27.7 Å². The number of aliphatic hydroxyl groups excluding tert-OH is 1. The molecule has 1 fully saturated rings. The number of rotatable bonds is 17. The lowest BCUT2D eigenvalue weighted by Crippen LogP contribution is -2.62. The first-order valence-electron chi connectivity index (χ1n) is 11.5. The third kappa shape index (κ3) is 9.06. The smallest absolute Gasteiger partial charge is 0.186 e. The van der Waals surface area contributed by atoms with Crippen LogP contribution in [0, 0.1) is 0 Å². The molecule has 0 aliphatic carbocycles. The van der Waals surface area contributed by atoms with E-state index in [0.29, 0.717) is 26.4 Å². The molecule has 3 unspecified atom stereocenters. The molecule has 0 aromatic rings. The summed E-state index contributed by atoms with van der Waals surface area (Å²) in [5.74, 6) is 0. The summed E-state index contributed by atoms with van der Waals surface area (Å²) in [5, 5.41) is 9.94. The van der Waals surface area contributed by atoms with E-state index in [4.69, 9.17) is 23.7 Å². The minimum atomic E-state index is -0.543. The molecular weight excluding hydrogens is 360 g/mol. The Morgan fingerprint density at radius 1 is 0.607 bits per heavy atom. The van der Waals surface area contributed by atoms with Gasteiger partial charge in [-0.15, -0.1) is 0 Å². The molecule has 0 spiro atoms. The molecule has 168 valence electrons. The Morgan fingerprint density at radius 2 is 1.04 bits per heavy atom. The number of hydrogen-bond donors (Lipinski definition) is 1. The highest BCUT2D eigenvalue weighted by Crippen LogP contribution is 2.29. The summed E-state index contributed by atoms with van der Waals surface area (Å²) < 4.78 is 30.7. The van der Waals surface area contributed by atoms with Crippen LogP contribution >= 0.6 is 0 Å². The Hall–Kier alpha value is -0.240. The van der Waals surface area contributed by atoms with Crippen molar-refractivity contribution in [3.63, 3.8) is 0 Å². The van der Waals surface area contributed by atoms with Crippen LogP contribution in [-0.2, 0) is 23.7 Å². The van der Waals surface area contributed by atoms with Crippen molar-refractivity contribution in [2.75, 3.05) is 33.0 Å². The highest BCUT2D eigenvalue weighted by atomic mass is 16.7. The minimum absolute atomic E-state index is 0.125. The van der Waals surface area contributed by atoms with Crippen LogP contribution in [0.4, 0.5) is 0 Å². The van der Waals surface area contributed by atoms with E-state index in [1.54, 1.807) is 0 Å². The Labute approximate surface area is 172 Å². The summed E-state index contributed by atoms with van der Waals surface area (Å²) in [6.07, 6.45) is 6.08. The normalized spacial score (nSPS) is 28.0. The summed E-state index contributed by atoms with van der Waals surface area (Å²) in [7, 11) is 0. The highest BCUT2D eigenvalue weighted by Gasteiger charge is 2.48. The van der Waals surface area contributed by atoms with Crippen LogP contribution in [0.15, 0.2) is 0 Å². The quantitative estimate of drug-likeness (QED) is 0.369. The Bertz CT molecular complexity index is 354. The van der Waals surface area contributed by atoms with Crippen LogP contribution in [-0.4, -0.2) is 68.8 Å². The van der Waals surface area contributed by atoms with Crippen LogP contribution in [0.3, 0.4) is 0 Å². The first-order valence-corrected chi connectivity index (χ1v) is 11.5. The molecule has 1 saturated heterocycles. The summed E-state index contributed by atoms with van der Waals surface area (Å²) in [4.78, 5) is 0. The predicted molar refractivity (Wildman–Crippen MR) is 111 cm³/mol. The summed E-state index contributed by atoms with van der Waals surface area (Å²) in [5.41, 5.74) is 0. The Kier molecular flexibility index (Phi) is 15.2. The van der Waals surface area contributed by atoms with E-state index < -0.39 is 12.4 Å². The van der Waals surface area contributed by atoms with Crippen molar-refractivity contribution in [1.82, 2.24) is 0 Å². The average molecular weight is 405 g/mol. The third-order valence-corrected chi connectivity index (χ3v) is 4.98. The fraction of sp³-hybridized carbons (Fsp3) is 1.00. The van der Waals surface area contributed by atoms with E-state index in [1.807, 2.05) is 0 Å². The Morgan fingerprint density at radius 3 is 1.50 bits per heavy atom. The highest BCUT2D eigenvalue weighted by molar-refractivity contribution is 4.93. The van der Waals surface area contributed by atoms with Crippen LogP contribution in [0.25, 0.3) is 0 Å². The SMILES string of the molecule is CCCCOC1C(OCCCC)[C@H](OCCCC)C(CO)O[C@H]1OCCCC. The molecular formula is C22H44O6. The van der Waals surface area contributed by atoms with Gasteiger partial charge >= 0.3 is 0 Å². The van der Waals surface area contributed by atoms with Crippen molar-refractivity contribution in [2.45, 2.75) is 110 Å². The van der Waals surface area contributed by atoms with Crippen molar-refractivity contribution in [1.29, 1.82) is 0 Å². The fourth-order valence-corrected chi connectivity index (χ4v) is 3.16. The molecule has 28 heavy (non-hydrogen) atoms. The van der Waals surface area contributed by atoms with Gasteiger partial charge in [-0.25, -0.2) is 0 Å². The lowest BCUT2D eigenvalue weighted by Gasteiger charge is -2.45. The number of hydrogen-bond acceptors (Lipinski definition) is 6. The van der Waals surface area contributed by atoms with Gasteiger partial charge in [0.25, 0.3) is 0 Å². The van der Waals surface area contributed by atoms with Crippen LogP contribution in [0.5, 0.6) is 0 Å². The van der Waals surface area contributed by atoms with Gasteiger partial charge in [0.15, 0.2) is 6.29 Å². The third-order valence-electron chi connectivity index (χ3n) is 4.98. The molecule has 0 amide bonds. The van der Waals surface area contributed by atoms with Gasteiger partial charge in [-0.2, -0.15) is 0 Å². The van der Waals surface area contributed by atoms with Gasteiger partial charge in [0, 0.05) is 26.4 Å².